The molecule has 0 spiro atoms. The number of nitrogens with zero attached hydrogens (tertiary/aromatic N) is 3. The van der Waals surface area contributed by atoms with Crippen LogP contribution in [-0.4, -0.2) is 97.0 Å². The van der Waals surface area contributed by atoms with E-state index >= 15 is 0 Å². The lowest BCUT2D eigenvalue weighted by molar-refractivity contribution is -0.873. The topological polar surface area (TPSA) is 152 Å². The van der Waals surface area contributed by atoms with Crippen LogP contribution in [0.5, 0.6) is 0 Å². The predicted molar refractivity (Wildman–Crippen MR) is 178 cm³/mol. The van der Waals surface area contributed by atoms with Crippen molar-refractivity contribution in [3.05, 3.63) is 40.7 Å². The second-order valence-corrected chi connectivity index (χ2v) is 14.7. The highest BCUT2D eigenvalue weighted by Gasteiger charge is 2.36. The molecular formula is C35H52ClN5O7. The maximum atomic E-state index is 13.1. The second-order valence-electron chi connectivity index (χ2n) is 14.7. The number of nitrogens with two attached hydrogens (primary N) is 1. The summed E-state index contributed by atoms with van der Waals surface area (Å²) in [5.41, 5.74) is 9.87. The van der Waals surface area contributed by atoms with Gasteiger partial charge in [-0.3, -0.25) is 19.2 Å². The van der Waals surface area contributed by atoms with Crippen LogP contribution in [0, 0.1) is 5.41 Å². The number of nitrogens with one attached hydrogen (secondary N) is 1. The number of ether oxygens (including phenoxy) is 3. The number of halogens is 1. The van der Waals surface area contributed by atoms with E-state index in [4.69, 9.17) is 25.0 Å². The minimum atomic E-state index is -0.547. The molecule has 1 saturated carbocycles. The third kappa shape index (κ3) is 10.5. The first-order valence-electron chi connectivity index (χ1n) is 16.6. The molecule has 0 aliphatic heterocycles. The number of amides is 1. The summed E-state index contributed by atoms with van der Waals surface area (Å²) in [6.07, 6.45) is 4.63. The Morgan fingerprint density at radius 3 is 2.40 bits per heavy atom. The van der Waals surface area contributed by atoms with Gasteiger partial charge >= 0.3 is 11.9 Å². The van der Waals surface area contributed by atoms with E-state index in [9.17, 15) is 19.2 Å². The van der Waals surface area contributed by atoms with E-state index in [0.717, 1.165) is 54.7 Å². The molecule has 4 rings (SSSR count). The van der Waals surface area contributed by atoms with Crippen LogP contribution in [0.15, 0.2) is 18.2 Å². The fourth-order valence-electron chi connectivity index (χ4n) is 6.68. The van der Waals surface area contributed by atoms with Gasteiger partial charge in [0.05, 0.1) is 68.5 Å². The summed E-state index contributed by atoms with van der Waals surface area (Å²) in [6.45, 7) is 8.45. The lowest BCUT2D eigenvalue weighted by Gasteiger charge is -2.31. The number of ketones is 1. The van der Waals surface area contributed by atoms with Crippen molar-refractivity contribution < 1.29 is 50.3 Å². The highest BCUT2D eigenvalue weighted by molar-refractivity contribution is 6.00. The van der Waals surface area contributed by atoms with Gasteiger partial charge in [-0.25, -0.2) is 4.68 Å². The lowest BCUT2D eigenvalue weighted by atomic mass is 9.75. The molecule has 1 fully saturated rings. The average molecular weight is 690 g/mol. The van der Waals surface area contributed by atoms with Gasteiger partial charge in [0.15, 0.2) is 11.9 Å². The Morgan fingerprint density at radius 2 is 1.79 bits per heavy atom. The molecule has 2 aliphatic rings. The monoisotopic (exact) mass is 689 g/mol. The normalized spacial score (nSPS) is 19.4. The Morgan fingerprint density at radius 1 is 1.10 bits per heavy atom. The number of esters is 2. The summed E-state index contributed by atoms with van der Waals surface area (Å²) < 4.78 is 19.1. The van der Waals surface area contributed by atoms with Crippen molar-refractivity contribution in [2.75, 3.05) is 46.2 Å². The Labute approximate surface area is 290 Å². The first-order chi connectivity index (χ1) is 22.0. The minimum absolute atomic E-state index is 0. The number of carbonyl (C=O) groups is 4. The van der Waals surface area contributed by atoms with E-state index in [2.05, 4.69) is 19.2 Å². The SMILES string of the molecule is CCc1nn(-c2ccc(C(N)=O)c(N[C@H]3CC[C@H](OCCOC(=O)CC(C[N+](C)(C)C)OC(C)=O)CC3)c2)c2c1C(=O)CC(C)(C)C2.[Cl-]. The summed E-state index contributed by atoms with van der Waals surface area (Å²) in [4.78, 5) is 49.3. The lowest BCUT2D eigenvalue weighted by Crippen LogP contribution is -3.00. The van der Waals surface area contributed by atoms with E-state index in [1.165, 1.54) is 6.92 Å². The molecule has 1 atom stereocenters. The molecule has 48 heavy (non-hydrogen) atoms. The molecule has 1 amide bonds. The fraction of sp³-hybridized carbons (Fsp3) is 0.629. The summed E-state index contributed by atoms with van der Waals surface area (Å²) in [6, 6.07) is 5.57. The zero-order chi connectivity index (χ0) is 34.5. The highest BCUT2D eigenvalue weighted by Crippen LogP contribution is 2.38. The molecule has 0 saturated heterocycles. The largest absolute Gasteiger partial charge is 1.00 e. The standard InChI is InChI=1S/C35H51N5O7.ClH/c1-8-28-33-30(19-35(3,4)20-31(33)42)39(38-28)24-11-14-27(34(36)44)29(17-24)37-23-9-12-25(13-10-23)45-15-16-46-32(43)18-26(47-22(2)41)21-40(5,6)7;/h11,14,17,23,25-26H,8-10,12-13,15-16,18-21H2,1-7H3,(H2-,36,37,44);1H/t23-,25-,26?;. The fourth-order valence-corrected chi connectivity index (χ4v) is 6.68. The Bertz CT molecular complexity index is 1470. The molecule has 2 aromatic rings. The van der Waals surface area contributed by atoms with Crippen LogP contribution in [0.1, 0.15) is 98.3 Å². The number of primary amides is 1. The highest BCUT2D eigenvalue weighted by atomic mass is 35.5. The summed E-state index contributed by atoms with van der Waals surface area (Å²) >= 11 is 0. The van der Waals surface area contributed by atoms with Crippen LogP contribution >= 0.6 is 0 Å². The van der Waals surface area contributed by atoms with Crippen molar-refractivity contribution in [1.82, 2.24) is 9.78 Å². The van der Waals surface area contributed by atoms with Gasteiger partial charge in [0, 0.05) is 25.1 Å². The molecule has 0 bridgehead atoms. The summed E-state index contributed by atoms with van der Waals surface area (Å²) in [7, 11) is 5.90. The van der Waals surface area contributed by atoms with Gasteiger partial charge in [-0.1, -0.05) is 20.8 Å². The Kier molecular flexibility index (Phi) is 13.2. The zero-order valence-corrected chi connectivity index (χ0v) is 30.2. The van der Waals surface area contributed by atoms with Gasteiger partial charge in [-0.15, -0.1) is 0 Å². The number of benzene rings is 1. The van der Waals surface area contributed by atoms with Crippen LogP contribution < -0.4 is 23.5 Å². The Hall–Kier alpha value is -3.48. The van der Waals surface area contributed by atoms with Gasteiger partial charge in [0.1, 0.15) is 13.2 Å². The minimum Gasteiger partial charge on any atom is -1.00 e. The summed E-state index contributed by atoms with van der Waals surface area (Å²) in [5, 5.41) is 8.38. The molecule has 13 heteroatoms. The molecule has 1 aromatic heterocycles. The maximum absolute atomic E-state index is 13.1. The number of aryl methyl sites for hydroxylation is 1. The number of fused-ring (bicyclic) bond motifs is 1. The van der Waals surface area contributed by atoms with Crippen molar-refractivity contribution in [1.29, 1.82) is 0 Å². The molecule has 1 aromatic carbocycles. The van der Waals surface area contributed by atoms with Crippen molar-refractivity contribution >= 4 is 29.3 Å². The van der Waals surface area contributed by atoms with Crippen LogP contribution in [-0.2, 0) is 36.6 Å². The number of Topliss-reactive ketones (excluding diaryl/α,β-unsaturated/α-hetero) is 1. The molecule has 2 aliphatic carbocycles. The van der Waals surface area contributed by atoms with E-state index < -0.39 is 23.9 Å². The smallest absolute Gasteiger partial charge is 0.309 e. The zero-order valence-electron chi connectivity index (χ0n) is 29.4. The molecule has 3 N–H and O–H groups in total. The van der Waals surface area contributed by atoms with Gasteiger partial charge in [-0.05, 0) is 62.1 Å². The van der Waals surface area contributed by atoms with E-state index in [1.54, 1.807) is 6.07 Å². The molecule has 0 radical (unpaired) electrons. The van der Waals surface area contributed by atoms with Crippen molar-refractivity contribution in [2.24, 2.45) is 11.1 Å². The molecule has 1 heterocycles. The van der Waals surface area contributed by atoms with Crippen LogP contribution in [0.4, 0.5) is 5.69 Å². The van der Waals surface area contributed by atoms with Crippen LogP contribution in [0.3, 0.4) is 0 Å². The van der Waals surface area contributed by atoms with Gasteiger partial charge < -0.3 is 42.2 Å². The number of anilines is 1. The summed E-state index contributed by atoms with van der Waals surface area (Å²) in [5.74, 6) is -1.24. The number of quaternary nitrogens is 1. The second kappa shape index (κ2) is 16.3. The molecule has 1 unspecified atom stereocenters. The average Bonchev–Trinajstić information content (AvgIpc) is 3.32. The van der Waals surface area contributed by atoms with Gasteiger partial charge in [0.25, 0.3) is 5.91 Å². The number of rotatable bonds is 14. The molecule has 266 valence electrons. The van der Waals surface area contributed by atoms with Gasteiger partial charge in [-0.2, -0.15) is 5.10 Å². The Balaban J connectivity index is 0.00000625. The quantitative estimate of drug-likeness (QED) is 0.168. The van der Waals surface area contributed by atoms with Crippen LogP contribution in [0.2, 0.25) is 0 Å². The van der Waals surface area contributed by atoms with E-state index in [1.807, 2.05) is 44.9 Å². The van der Waals surface area contributed by atoms with Crippen molar-refractivity contribution in [3.63, 3.8) is 0 Å². The number of carbonyl (C=O) groups excluding carboxylic acids is 4. The number of hydrogen-bond donors (Lipinski definition) is 2. The van der Waals surface area contributed by atoms with E-state index in [0.29, 0.717) is 35.1 Å². The third-order valence-electron chi connectivity index (χ3n) is 8.68. The number of hydrogen-bond acceptors (Lipinski definition) is 9. The maximum Gasteiger partial charge on any atom is 0.309 e. The van der Waals surface area contributed by atoms with Gasteiger partial charge in [0.2, 0.25) is 0 Å². The van der Waals surface area contributed by atoms with Crippen molar-refractivity contribution in [3.8, 4) is 5.69 Å². The van der Waals surface area contributed by atoms with E-state index in [-0.39, 0.29) is 55.4 Å². The van der Waals surface area contributed by atoms with Crippen LogP contribution in [0.25, 0.3) is 5.69 Å². The first kappa shape index (κ1) is 39.0. The third-order valence-corrected chi connectivity index (χ3v) is 8.68. The molecular weight excluding hydrogens is 638 g/mol. The number of aromatic nitrogens is 2. The van der Waals surface area contributed by atoms with Crippen molar-refractivity contribution in [2.45, 2.75) is 97.3 Å². The predicted octanol–water partition coefficient (Wildman–Crippen LogP) is 1.00. The first-order valence-corrected chi connectivity index (χ1v) is 16.6. The molecule has 12 nitrogen and oxygen atoms in total. The number of likely N-dealkylation sites (N-methyl/N-ethyl adjacent to an activating group) is 1.